The van der Waals surface area contributed by atoms with Crippen LogP contribution >= 0.6 is 0 Å². The number of carbonyl (C=O) groups excluding carboxylic acids is 1. The van der Waals surface area contributed by atoms with Gasteiger partial charge in [0.2, 0.25) is 0 Å². The molecule has 27 heavy (non-hydrogen) atoms. The van der Waals surface area contributed by atoms with Crippen molar-refractivity contribution in [1.29, 1.82) is 0 Å². The summed E-state index contributed by atoms with van der Waals surface area (Å²) >= 11 is 0. The highest BCUT2D eigenvalue weighted by atomic mass is 16.2. The molecule has 0 spiro atoms. The maximum absolute atomic E-state index is 12.2. The van der Waals surface area contributed by atoms with E-state index in [0.717, 1.165) is 16.5 Å². The van der Waals surface area contributed by atoms with Crippen molar-refractivity contribution >= 4 is 16.9 Å². The van der Waals surface area contributed by atoms with E-state index >= 15 is 0 Å². The van der Waals surface area contributed by atoms with Crippen LogP contribution in [0.25, 0.3) is 33.4 Å². The fourth-order valence-corrected chi connectivity index (χ4v) is 2.85. The van der Waals surface area contributed by atoms with Gasteiger partial charge in [0.1, 0.15) is 0 Å². The molecular formula is C19H16N6O2. The summed E-state index contributed by atoms with van der Waals surface area (Å²) in [6.07, 6.45) is 4.78. The standard InChI is InChI=1S/C19H16N6O2/c1-25(2)18(26)12-5-3-4-11(6-12)13-7-15-16(23-24-17(15)20-8-13)14-9-21-19(27)22-10-14/h3-10H,1-2H3,(H,20,23,24)(H,21,22,27). The third kappa shape index (κ3) is 3.08. The number of benzene rings is 1. The normalized spacial score (nSPS) is 10.9. The lowest BCUT2D eigenvalue weighted by Gasteiger charge is -2.11. The summed E-state index contributed by atoms with van der Waals surface area (Å²) < 4.78 is 0. The van der Waals surface area contributed by atoms with Gasteiger partial charge in [-0.1, -0.05) is 12.1 Å². The Balaban J connectivity index is 1.81. The Kier molecular flexibility index (Phi) is 4.00. The molecule has 0 aliphatic rings. The maximum Gasteiger partial charge on any atom is 0.344 e. The molecule has 134 valence electrons. The Bertz CT molecular complexity index is 1190. The van der Waals surface area contributed by atoms with Crippen molar-refractivity contribution < 1.29 is 4.79 Å². The monoisotopic (exact) mass is 360 g/mol. The fraction of sp³-hybridized carbons (Fsp3) is 0.105. The van der Waals surface area contributed by atoms with E-state index in [2.05, 4.69) is 25.1 Å². The van der Waals surface area contributed by atoms with Gasteiger partial charge in [-0.3, -0.25) is 9.89 Å². The van der Waals surface area contributed by atoms with E-state index in [1.165, 1.54) is 11.1 Å². The van der Waals surface area contributed by atoms with E-state index in [-0.39, 0.29) is 5.91 Å². The van der Waals surface area contributed by atoms with Crippen molar-refractivity contribution in [3.05, 3.63) is 65.0 Å². The summed E-state index contributed by atoms with van der Waals surface area (Å²) in [6, 6.07) is 9.35. The number of amides is 1. The van der Waals surface area contributed by atoms with Crippen LogP contribution in [0, 0.1) is 0 Å². The number of aromatic nitrogens is 5. The predicted molar refractivity (Wildman–Crippen MR) is 101 cm³/mol. The number of nitrogens with zero attached hydrogens (tertiary/aromatic N) is 4. The molecule has 4 aromatic rings. The summed E-state index contributed by atoms with van der Waals surface area (Å²) in [5, 5.41) is 7.94. The molecule has 0 aliphatic heterocycles. The number of carbonyl (C=O) groups is 1. The Morgan fingerprint density at radius 2 is 1.85 bits per heavy atom. The van der Waals surface area contributed by atoms with E-state index in [1.54, 1.807) is 32.6 Å². The summed E-state index contributed by atoms with van der Waals surface area (Å²) in [4.78, 5) is 35.7. The van der Waals surface area contributed by atoms with Gasteiger partial charge in [-0.15, -0.1) is 0 Å². The average Bonchev–Trinajstić information content (AvgIpc) is 3.11. The molecular weight excluding hydrogens is 344 g/mol. The summed E-state index contributed by atoms with van der Waals surface area (Å²) in [7, 11) is 3.44. The van der Waals surface area contributed by atoms with Crippen molar-refractivity contribution in [2.45, 2.75) is 0 Å². The molecule has 4 rings (SSSR count). The van der Waals surface area contributed by atoms with Gasteiger partial charge in [-0.05, 0) is 23.8 Å². The molecule has 0 fully saturated rings. The second kappa shape index (κ2) is 6.49. The molecule has 0 atom stereocenters. The predicted octanol–water partition coefficient (Wildman–Crippen LogP) is 2.08. The van der Waals surface area contributed by atoms with Crippen molar-refractivity contribution in [1.82, 2.24) is 30.0 Å². The lowest BCUT2D eigenvalue weighted by atomic mass is 10.0. The maximum atomic E-state index is 12.2. The number of aromatic amines is 2. The third-order valence-corrected chi connectivity index (χ3v) is 4.22. The molecule has 0 saturated carbocycles. The Hall–Kier alpha value is -3.81. The topological polar surface area (TPSA) is 108 Å². The molecule has 3 heterocycles. The first kappa shape index (κ1) is 16.6. The van der Waals surface area contributed by atoms with Gasteiger partial charge in [-0.2, -0.15) is 5.10 Å². The van der Waals surface area contributed by atoms with Crippen molar-refractivity contribution in [3.63, 3.8) is 0 Å². The first-order chi connectivity index (χ1) is 13.0. The largest absolute Gasteiger partial charge is 0.345 e. The van der Waals surface area contributed by atoms with Crippen LogP contribution in [0.5, 0.6) is 0 Å². The van der Waals surface area contributed by atoms with Gasteiger partial charge in [-0.25, -0.2) is 14.8 Å². The molecule has 3 aromatic heterocycles. The zero-order valence-electron chi connectivity index (χ0n) is 14.7. The fourth-order valence-electron chi connectivity index (χ4n) is 2.85. The highest BCUT2D eigenvalue weighted by Gasteiger charge is 2.13. The minimum atomic E-state index is -0.413. The lowest BCUT2D eigenvalue weighted by molar-refractivity contribution is 0.0827. The summed E-state index contributed by atoms with van der Waals surface area (Å²) in [5.74, 6) is -0.0609. The summed E-state index contributed by atoms with van der Waals surface area (Å²) in [5.41, 5.74) is 3.90. The van der Waals surface area contributed by atoms with Crippen LogP contribution in [0.1, 0.15) is 10.4 Å². The molecule has 1 amide bonds. The second-order valence-corrected chi connectivity index (χ2v) is 6.28. The van der Waals surface area contributed by atoms with Gasteiger partial charge in [0.05, 0.1) is 5.69 Å². The quantitative estimate of drug-likeness (QED) is 0.581. The van der Waals surface area contributed by atoms with Crippen molar-refractivity contribution in [3.8, 4) is 22.4 Å². The van der Waals surface area contributed by atoms with Crippen LogP contribution < -0.4 is 5.69 Å². The summed E-state index contributed by atoms with van der Waals surface area (Å²) in [6.45, 7) is 0. The van der Waals surface area contributed by atoms with Gasteiger partial charge in [0.15, 0.2) is 5.65 Å². The Morgan fingerprint density at radius 1 is 1.04 bits per heavy atom. The van der Waals surface area contributed by atoms with E-state index < -0.39 is 5.69 Å². The molecule has 0 aliphatic carbocycles. The molecule has 8 nitrogen and oxygen atoms in total. The Labute approximate surface area is 153 Å². The molecule has 0 bridgehead atoms. The number of nitrogens with one attached hydrogen (secondary N) is 2. The van der Waals surface area contributed by atoms with E-state index in [0.29, 0.717) is 22.5 Å². The number of H-pyrrole nitrogens is 2. The number of hydrogen-bond donors (Lipinski definition) is 2. The molecule has 0 saturated heterocycles. The van der Waals surface area contributed by atoms with Crippen LogP contribution in [-0.2, 0) is 0 Å². The average molecular weight is 360 g/mol. The first-order valence-electron chi connectivity index (χ1n) is 8.24. The minimum absolute atomic E-state index is 0.0609. The van der Waals surface area contributed by atoms with Crippen LogP contribution in [0.15, 0.2) is 53.7 Å². The molecule has 2 N–H and O–H groups in total. The molecule has 8 heteroatoms. The minimum Gasteiger partial charge on any atom is -0.345 e. The first-order valence-corrected chi connectivity index (χ1v) is 8.24. The smallest absolute Gasteiger partial charge is 0.344 e. The molecule has 1 aromatic carbocycles. The number of rotatable bonds is 3. The number of pyridine rings is 1. The van der Waals surface area contributed by atoms with Crippen LogP contribution in [-0.4, -0.2) is 50.1 Å². The number of hydrogen-bond acceptors (Lipinski definition) is 5. The SMILES string of the molecule is CN(C)C(=O)c1cccc(-c2cnc3n[nH]c(-c4cnc(=O)[nH]c4)c3c2)c1. The number of fused-ring (bicyclic) bond motifs is 1. The zero-order valence-corrected chi connectivity index (χ0v) is 14.7. The van der Waals surface area contributed by atoms with Crippen LogP contribution in [0.4, 0.5) is 0 Å². The van der Waals surface area contributed by atoms with Crippen LogP contribution in [0.3, 0.4) is 0 Å². The highest BCUT2D eigenvalue weighted by molar-refractivity contribution is 5.96. The third-order valence-electron chi connectivity index (χ3n) is 4.22. The lowest BCUT2D eigenvalue weighted by Crippen LogP contribution is -2.21. The van der Waals surface area contributed by atoms with Gasteiger partial charge in [0.25, 0.3) is 5.91 Å². The highest BCUT2D eigenvalue weighted by Crippen LogP contribution is 2.28. The van der Waals surface area contributed by atoms with Gasteiger partial charge < -0.3 is 9.88 Å². The second-order valence-electron chi connectivity index (χ2n) is 6.28. The molecule has 0 unspecified atom stereocenters. The Morgan fingerprint density at radius 3 is 2.59 bits per heavy atom. The van der Waals surface area contributed by atoms with E-state index in [4.69, 9.17) is 0 Å². The van der Waals surface area contributed by atoms with Crippen LogP contribution in [0.2, 0.25) is 0 Å². The van der Waals surface area contributed by atoms with Crippen molar-refractivity contribution in [2.75, 3.05) is 14.1 Å². The van der Waals surface area contributed by atoms with E-state index in [9.17, 15) is 9.59 Å². The zero-order chi connectivity index (χ0) is 19.0. The van der Waals surface area contributed by atoms with Gasteiger partial charge >= 0.3 is 5.69 Å². The van der Waals surface area contributed by atoms with Crippen molar-refractivity contribution in [2.24, 2.45) is 0 Å². The van der Waals surface area contributed by atoms with E-state index in [1.807, 2.05) is 24.3 Å². The van der Waals surface area contributed by atoms with Gasteiger partial charge in [0, 0.05) is 54.8 Å². The molecule has 0 radical (unpaired) electrons.